The number of aliphatic imine (C=N–C) groups is 2. The van der Waals surface area contributed by atoms with Gasteiger partial charge < -0.3 is 15.2 Å². The maximum atomic E-state index is 13.1. The first-order chi connectivity index (χ1) is 19.6. The number of aliphatic hydroxyl groups is 1. The van der Waals surface area contributed by atoms with Crippen LogP contribution in [0.3, 0.4) is 0 Å². The summed E-state index contributed by atoms with van der Waals surface area (Å²) in [7, 11) is 1.68. The van der Waals surface area contributed by atoms with Gasteiger partial charge in [-0.1, -0.05) is 50.3 Å². The molecule has 2 aromatic carbocycles. The summed E-state index contributed by atoms with van der Waals surface area (Å²) in [4.78, 5) is 22.7. The van der Waals surface area contributed by atoms with Gasteiger partial charge in [0.05, 0.1) is 12.8 Å². The molecular formula is C34H41N3O3. The number of fused-ring (bicyclic) bond motifs is 1. The molecular weight excluding hydrogens is 498 g/mol. The topological polar surface area (TPSA) is 83.3 Å². The Hall–Kier alpha value is -3.51. The van der Waals surface area contributed by atoms with Crippen LogP contribution >= 0.6 is 0 Å². The Morgan fingerprint density at radius 3 is 2.45 bits per heavy atom. The number of nitrogens with zero attached hydrogens (tertiary/aromatic N) is 2. The number of carbonyl (C=O) groups excluding carboxylic acids is 1. The van der Waals surface area contributed by atoms with Crippen LogP contribution in [0, 0.1) is 17.8 Å². The summed E-state index contributed by atoms with van der Waals surface area (Å²) in [5.41, 5.74) is 4.93. The SMILES string of the molecule is COc1ccc(C2=CN=C3/C(Nc4ccc(C(=O)CC5CCCCC(CCO)CC5)cc4)=N\C=C/CCC23)cc1. The van der Waals surface area contributed by atoms with Crippen LogP contribution in [0.4, 0.5) is 5.69 Å². The summed E-state index contributed by atoms with van der Waals surface area (Å²) in [5, 5.41) is 12.8. The van der Waals surface area contributed by atoms with Gasteiger partial charge in [-0.15, -0.1) is 0 Å². The zero-order valence-electron chi connectivity index (χ0n) is 23.5. The summed E-state index contributed by atoms with van der Waals surface area (Å²) in [6.07, 6.45) is 16.2. The van der Waals surface area contributed by atoms with E-state index >= 15 is 0 Å². The molecule has 1 fully saturated rings. The molecule has 0 amide bonds. The van der Waals surface area contributed by atoms with Gasteiger partial charge in [0.1, 0.15) is 5.75 Å². The van der Waals surface area contributed by atoms with Gasteiger partial charge in [-0.2, -0.15) is 0 Å². The lowest BCUT2D eigenvalue weighted by molar-refractivity contribution is 0.0949. The average molecular weight is 540 g/mol. The summed E-state index contributed by atoms with van der Waals surface area (Å²) >= 11 is 0. The molecule has 210 valence electrons. The van der Waals surface area contributed by atoms with Gasteiger partial charge in [-0.05, 0) is 85.1 Å². The van der Waals surface area contributed by atoms with E-state index in [1.54, 1.807) is 7.11 Å². The highest BCUT2D eigenvalue weighted by Crippen LogP contribution is 2.35. The van der Waals surface area contributed by atoms with Gasteiger partial charge in [-0.25, -0.2) is 4.99 Å². The van der Waals surface area contributed by atoms with Gasteiger partial charge in [0, 0.05) is 42.6 Å². The van der Waals surface area contributed by atoms with Gasteiger partial charge >= 0.3 is 0 Å². The Morgan fingerprint density at radius 1 is 0.950 bits per heavy atom. The zero-order valence-corrected chi connectivity index (χ0v) is 23.5. The fourth-order valence-electron chi connectivity index (χ4n) is 6.23. The Labute approximate surface area is 238 Å². The van der Waals surface area contributed by atoms with Crippen molar-refractivity contribution < 1.29 is 14.6 Å². The van der Waals surface area contributed by atoms with E-state index < -0.39 is 0 Å². The van der Waals surface area contributed by atoms with E-state index in [4.69, 9.17) is 14.7 Å². The number of nitrogens with one attached hydrogen (secondary N) is 1. The maximum Gasteiger partial charge on any atom is 0.163 e. The van der Waals surface area contributed by atoms with Crippen LogP contribution in [0.5, 0.6) is 5.75 Å². The number of amidine groups is 1. The number of allylic oxidation sites excluding steroid dienone is 2. The lowest BCUT2D eigenvalue weighted by atomic mass is 9.81. The van der Waals surface area contributed by atoms with Crippen LogP contribution in [0.15, 0.2) is 77.0 Å². The Morgan fingerprint density at radius 2 is 1.70 bits per heavy atom. The molecule has 5 rings (SSSR count). The average Bonchev–Trinajstić information content (AvgIpc) is 3.37. The highest BCUT2D eigenvalue weighted by Gasteiger charge is 2.30. The molecule has 0 aromatic heterocycles. The van der Waals surface area contributed by atoms with Gasteiger partial charge in [-0.3, -0.25) is 9.79 Å². The first-order valence-corrected chi connectivity index (χ1v) is 14.8. The van der Waals surface area contributed by atoms with Crippen molar-refractivity contribution in [2.75, 3.05) is 19.0 Å². The standard InChI is InChI=1S/C34H41N3O3/c1-40-29-17-13-26(14-18-29)31-23-36-33-30(31)8-4-5-20-35-34(33)37-28-15-11-27(12-16-28)32(39)22-25-7-3-2-6-24(9-10-25)19-21-38/h5,11-18,20,23-25,30,38H,2-4,6-10,19,21-22H2,1H3,(H,35,37)/b20-5-. The number of rotatable bonds is 8. The van der Waals surface area contributed by atoms with Crippen molar-refractivity contribution in [2.45, 2.75) is 64.2 Å². The van der Waals surface area contributed by atoms with Crippen molar-refractivity contribution in [3.63, 3.8) is 0 Å². The van der Waals surface area contributed by atoms with Crippen molar-refractivity contribution >= 4 is 28.6 Å². The molecule has 2 heterocycles. The Balaban J connectivity index is 1.22. The number of benzene rings is 2. The number of ether oxygens (including phenoxy) is 1. The number of methoxy groups -OCH3 is 1. The number of ketones is 1. The van der Waals surface area contributed by atoms with Crippen molar-refractivity contribution in [1.29, 1.82) is 0 Å². The molecule has 0 spiro atoms. The van der Waals surface area contributed by atoms with E-state index in [0.717, 1.165) is 72.6 Å². The fraction of sp³-hybridized carbons (Fsp3) is 0.441. The number of carbonyl (C=O) groups is 1. The Bertz CT molecular complexity index is 1270. The van der Waals surface area contributed by atoms with E-state index in [0.29, 0.717) is 18.3 Å². The number of aliphatic hydroxyl groups excluding tert-OH is 1. The van der Waals surface area contributed by atoms with Crippen LogP contribution in [0.1, 0.15) is 80.1 Å². The zero-order chi connectivity index (χ0) is 27.7. The van der Waals surface area contributed by atoms with Crippen LogP contribution < -0.4 is 10.1 Å². The maximum absolute atomic E-state index is 13.1. The third-order valence-electron chi connectivity index (χ3n) is 8.58. The van der Waals surface area contributed by atoms with Gasteiger partial charge in [0.2, 0.25) is 0 Å². The fourth-order valence-corrected chi connectivity index (χ4v) is 6.23. The molecule has 3 atom stereocenters. The third kappa shape index (κ3) is 6.97. The van der Waals surface area contributed by atoms with Crippen LogP contribution in [0.2, 0.25) is 0 Å². The Kier molecular flexibility index (Phi) is 9.61. The largest absolute Gasteiger partial charge is 0.497 e. The molecule has 6 heteroatoms. The van der Waals surface area contributed by atoms with Crippen LogP contribution in [0.25, 0.3) is 5.57 Å². The summed E-state index contributed by atoms with van der Waals surface area (Å²) in [6.45, 7) is 0.270. The lowest BCUT2D eigenvalue weighted by Crippen LogP contribution is -2.29. The minimum atomic E-state index is 0.159. The molecule has 0 saturated heterocycles. The first-order valence-electron chi connectivity index (χ1n) is 14.8. The lowest BCUT2D eigenvalue weighted by Gasteiger charge is -2.24. The quantitative estimate of drug-likeness (QED) is 0.341. The summed E-state index contributed by atoms with van der Waals surface area (Å²) in [5.74, 6) is 3.00. The van der Waals surface area contributed by atoms with E-state index in [9.17, 15) is 9.90 Å². The number of anilines is 1. The molecule has 0 radical (unpaired) electrons. The second-order valence-corrected chi connectivity index (χ2v) is 11.3. The second-order valence-electron chi connectivity index (χ2n) is 11.3. The molecule has 40 heavy (non-hydrogen) atoms. The molecule has 2 aromatic rings. The minimum absolute atomic E-state index is 0.159. The third-order valence-corrected chi connectivity index (χ3v) is 8.58. The molecule has 6 nitrogen and oxygen atoms in total. The van der Waals surface area contributed by atoms with Gasteiger partial charge in [0.15, 0.2) is 11.6 Å². The molecule has 2 N–H and O–H groups in total. The summed E-state index contributed by atoms with van der Waals surface area (Å²) in [6, 6.07) is 15.9. The minimum Gasteiger partial charge on any atom is -0.497 e. The van der Waals surface area contributed by atoms with Crippen molar-refractivity contribution in [2.24, 2.45) is 27.7 Å². The van der Waals surface area contributed by atoms with Crippen LogP contribution in [-0.2, 0) is 0 Å². The first kappa shape index (κ1) is 28.0. The van der Waals surface area contributed by atoms with E-state index in [1.807, 2.05) is 48.8 Å². The predicted molar refractivity (Wildman–Crippen MR) is 163 cm³/mol. The molecule has 1 aliphatic carbocycles. The number of hydrogen-bond donors (Lipinski definition) is 2. The molecule has 3 aliphatic rings. The monoisotopic (exact) mass is 539 g/mol. The molecule has 1 saturated carbocycles. The van der Waals surface area contributed by atoms with Crippen molar-refractivity contribution in [1.82, 2.24) is 0 Å². The molecule has 2 aliphatic heterocycles. The molecule has 0 bridgehead atoms. The van der Waals surface area contributed by atoms with Gasteiger partial charge in [0.25, 0.3) is 0 Å². The normalized spacial score (nSPS) is 25.1. The second kappa shape index (κ2) is 13.7. The van der Waals surface area contributed by atoms with Crippen molar-refractivity contribution in [3.05, 3.63) is 78.1 Å². The smallest absolute Gasteiger partial charge is 0.163 e. The highest BCUT2D eigenvalue weighted by atomic mass is 16.5. The summed E-state index contributed by atoms with van der Waals surface area (Å²) < 4.78 is 5.33. The number of hydrogen-bond acceptors (Lipinski definition) is 6. The van der Waals surface area contributed by atoms with E-state index in [2.05, 4.69) is 23.5 Å². The number of Topliss-reactive ketones (excluding diaryl/α,β-unsaturated/α-hetero) is 1. The molecule has 3 unspecified atom stereocenters. The highest BCUT2D eigenvalue weighted by molar-refractivity contribution is 6.48. The predicted octanol–water partition coefficient (Wildman–Crippen LogP) is 7.47. The van der Waals surface area contributed by atoms with E-state index in [-0.39, 0.29) is 18.3 Å². The van der Waals surface area contributed by atoms with E-state index in [1.165, 1.54) is 24.8 Å². The van der Waals surface area contributed by atoms with Crippen LogP contribution in [-0.4, -0.2) is 36.2 Å². The van der Waals surface area contributed by atoms with Crippen molar-refractivity contribution in [3.8, 4) is 5.75 Å².